The normalized spacial score (nSPS) is 22.8. The Morgan fingerprint density at radius 2 is 2.12 bits per heavy atom. The largest absolute Gasteiger partial charge is 0.486 e. The van der Waals surface area contributed by atoms with Crippen LogP contribution < -0.4 is 14.8 Å². The number of rotatable bonds is 6. The van der Waals surface area contributed by atoms with Gasteiger partial charge in [0.1, 0.15) is 6.61 Å². The maximum absolute atomic E-state index is 12.8. The standard InChI is InChI=1S/C20H30N2O3.ClH/c1-3-22(20(23)11-15(2)16-7-6-10-21-12-16)13-17-14-24-18-8-4-5-9-19(18)25-17;/h4-5,8-9,15-17,21H,3,6-7,10-14H2,1-2H3;1H. The van der Waals surface area contributed by atoms with Gasteiger partial charge < -0.3 is 19.7 Å². The molecule has 1 fully saturated rings. The third-order valence-corrected chi connectivity index (χ3v) is 5.36. The highest BCUT2D eigenvalue weighted by Crippen LogP contribution is 2.31. The topological polar surface area (TPSA) is 50.8 Å². The van der Waals surface area contributed by atoms with Crippen LogP contribution in [0.3, 0.4) is 0 Å². The summed E-state index contributed by atoms with van der Waals surface area (Å²) in [6, 6.07) is 7.70. The van der Waals surface area contributed by atoms with E-state index in [1.165, 1.54) is 12.8 Å². The Labute approximate surface area is 162 Å². The van der Waals surface area contributed by atoms with E-state index in [0.717, 1.165) is 24.6 Å². The van der Waals surface area contributed by atoms with Gasteiger partial charge in [-0.25, -0.2) is 0 Å². The zero-order valence-corrected chi connectivity index (χ0v) is 16.6. The predicted octanol–water partition coefficient (Wildman–Crippen LogP) is 3.12. The molecule has 0 aliphatic carbocycles. The van der Waals surface area contributed by atoms with Crippen molar-refractivity contribution in [1.29, 1.82) is 0 Å². The van der Waals surface area contributed by atoms with E-state index >= 15 is 0 Å². The quantitative estimate of drug-likeness (QED) is 0.821. The Balaban J connectivity index is 0.00000243. The molecule has 2 heterocycles. The van der Waals surface area contributed by atoms with E-state index < -0.39 is 0 Å². The van der Waals surface area contributed by atoms with Gasteiger partial charge in [-0.2, -0.15) is 0 Å². The summed E-state index contributed by atoms with van der Waals surface area (Å²) in [5, 5.41) is 3.45. The summed E-state index contributed by atoms with van der Waals surface area (Å²) in [7, 11) is 0. The van der Waals surface area contributed by atoms with Gasteiger partial charge in [0, 0.05) is 13.0 Å². The number of fused-ring (bicyclic) bond motifs is 1. The molecular weight excluding hydrogens is 352 g/mol. The molecule has 2 aliphatic heterocycles. The first-order chi connectivity index (χ1) is 12.2. The number of para-hydroxylation sites is 2. The molecule has 26 heavy (non-hydrogen) atoms. The minimum Gasteiger partial charge on any atom is -0.486 e. The summed E-state index contributed by atoms with van der Waals surface area (Å²) in [6.45, 7) is 8.16. The molecule has 3 atom stereocenters. The molecule has 1 N–H and O–H groups in total. The number of likely N-dealkylation sites (N-methyl/N-ethyl adjacent to an activating group) is 1. The van der Waals surface area contributed by atoms with Crippen LogP contribution >= 0.6 is 12.4 Å². The SMILES string of the molecule is CCN(CC1COc2ccccc2O1)C(=O)CC(C)C1CCCNC1.Cl. The summed E-state index contributed by atoms with van der Waals surface area (Å²) < 4.78 is 11.8. The van der Waals surface area contributed by atoms with E-state index in [2.05, 4.69) is 12.2 Å². The number of nitrogens with zero attached hydrogens (tertiary/aromatic N) is 1. The summed E-state index contributed by atoms with van der Waals surface area (Å²) in [5.74, 6) is 2.80. The summed E-state index contributed by atoms with van der Waals surface area (Å²) in [6.07, 6.45) is 2.95. The molecule has 1 aromatic rings. The fourth-order valence-electron chi connectivity index (χ4n) is 3.74. The van der Waals surface area contributed by atoms with Gasteiger partial charge in [0.05, 0.1) is 6.54 Å². The molecule has 3 rings (SSSR count). The first kappa shape index (κ1) is 20.8. The van der Waals surface area contributed by atoms with E-state index in [1.807, 2.05) is 36.1 Å². The van der Waals surface area contributed by atoms with Crippen LogP contribution in [0, 0.1) is 11.8 Å². The first-order valence-corrected chi connectivity index (χ1v) is 9.54. The third kappa shape index (κ3) is 5.27. The van der Waals surface area contributed by atoms with Gasteiger partial charge in [-0.05, 0) is 56.8 Å². The fraction of sp³-hybridized carbons (Fsp3) is 0.650. The number of carbonyl (C=O) groups excluding carboxylic acids is 1. The van der Waals surface area contributed by atoms with Crippen molar-refractivity contribution >= 4 is 18.3 Å². The van der Waals surface area contributed by atoms with Gasteiger partial charge in [0.15, 0.2) is 17.6 Å². The lowest BCUT2D eigenvalue weighted by Gasteiger charge is -2.33. The number of amides is 1. The highest BCUT2D eigenvalue weighted by molar-refractivity contribution is 5.85. The monoisotopic (exact) mass is 382 g/mol. The summed E-state index contributed by atoms with van der Waals surface area (Å²) in [5.41, 5.74) is 0. The minimum atomic E-state index is -0.106. The van der Waals surface area contributed by atoms with E-state index in [1.54, 1.807) is 0 Å². The number of hydrogen-bond acceptors (Lipinski definition) is 4. The van der Waals surface area contributed by atoms with Crippen LogP contribution in [-0.4, -0.2) is 49.7 Å². The molecule has 3 unspecified atom stereocenters. The van der Waals surface area contributed by atoms with E-state index in [0.29, 0.717) is 38.0 Å². The summed E-state index contributed by atoms with van der Waals surface area (Å²) in [4.78, 5) is 14.7. The Morgan fingerprint density at radius 1 is 1.35 bits per heavy atom. The van der Waals surface area contributed by atoms with Crippen LogP contribution in [0.5, 0.6) is 11.5 Å². The number of hydrogen-bond donors (Lipinski definition) is 1. The van der Waals surface area contributed by atoms with E-state index in [-0.39, 0.29) is 24.4 Å². The molecule has 0 bridgehead atoms. The Morgan fingerprint density at radius 3 is 2.81 bits per heavy atom. The lowest BCUT2D eigenvalue weighted by molar-refractivity contribution is -0.133. The van der Waals surface area contributed by atoms with Crippen molar-refractivity contribution in [2.75, 3.05) is 32.8 Å². The molecule has 5 nitrogen and oxygen atoms in total. The van der Waals surface area contributed by atoms with Crippen molar-refractivity contribution in [3.05, 3.63) is 24.3 Å². The van der Waals surface area contributed by atoms with Crippen LogP contribution in [0.4, 0.5) is 0 Å². The van der Waals surface area contributed by atoms with Crippen LogP contribution in [0.25, 0.3) is 0 Å². The minimum absolute atomic E-state index is 0. The smallest absolute Gasteiger partial charge is 0.222 e. The van der Waals surface area contributed by atoms with E-state index in [9.17, 15) is 4.79 Å². The zero-order valence-electron chi connectivity index (χ0n) is 15.8. The average Bonchev–Trinajstić information content (AvgIpc) is 2.66. The number of nitrogens with one attached hydrogen (secondary N) is 1. The molecular formula is C20H31ClN2O3. The number of ether oxygens (including phenoxy) is 2. The zero-order chi connectivity index (χ0) is 17.6. The molecule has 1 aromatic carbocycles. The molecule has 6 heteroatoms. The molecule has 0 aromatic heterocycles. The third-order valence-electron chi connectivity index (χ3n) is 5.36. The second-order valence-corrected chi connectivity index (χ2v) is 7.22. The molecule has 0 spiro atoms. The van der Waals surface area contributed by atoms with Gasteiger partial charge >= 0.3 is 0 Å². The van der Waals surface area contributed by atoms with Crippen molar-refractivity contribution in [3.63, 3.8) is 0 Å². The highest BCUT2D eigenvalue weighted by Gasteiger charge is 2.27. The van der Waals surface area contributed by atoms with Crippen LogP contribution in [0.2, 0.25) is 0 Å². The Hall–Kier alpha value is -1.46. The predicted molar refractivity (Wildman–Crippen MR) is 105 cm³/mol. The maximum Gasteiger partial charge on any atom is 0.222 e. The van der Waals surface area contributed by atoms with Gasteiger partial charge in [0.2, 0.25) is 5.91 Å². The highest BCUT2D eigenvalue weighted by atomic mass is 35.5. The molecule has 0 saturated carbocycles. The lowest BCUT2D eigenvalue weighted by Crippen LogP contribution is -2.44. The maximum atomic E-state index is 12.8. The number of carbonyl (C=O) groups is 1. The van der Waals surface area contributed by atoms with Crippen LogP contribution in [-0.2, 0) is 4.79 Å². The fourth-order valence-corrected chi connectivity index (χ4v) is 3.74. The van der Waals surface area contributed by atoms with Crippen molar-refractivity contribution in [3.8, 4) is 11.5 Å². The summed E-state index contributed by atoms with van der Waals surface area (Å²) >= 11 is 0. The molecule has 2 aliphatic rings. The van der Waals surface area contributed by atoms with Crippen LogP contribution in [0.1, 0.15) is 33.1 Å². The molecule has 1 saturated heterocycles. The Bertz CT molecular complexity index is 578. The van der Waals surface area contributed by atoms with Crippen molar-refractivity contribution in [2.24, 2.45) is 11.8 Å². The lowest BCUT2D eigenvalue weighted by atomic mass is 9.85. The number of piperidine rings is 1. The number of benzene rings is 1. The van der Waals surface area contributed by atoms with Gasteiger partial charge in [-0.1, -0.05) is 19.1 Å². The van der Waals surface area contributed by atoms with E-state index in [4.69, 9.17) is 9.47 Å². The van der Waals surface area contributed by atoms with Gasteiger partial charge in [0.25, 0.3) is 0 Å². The Kier molecular flexibility index (Phi) is 8.04. The van der Waals surface area contributed by atoms with Gasteiger partial charge in [-0.3, -0.25) is 4.79 Å². The van der Waals surface area contributed by atoms with Crippen molar-refractivity contribution < 1.29 is 14.3 Å². The second kappa shape index (κ2) is 10.0. The second-order valence-electron chi connectivity index (χ2n) is 7.22. The molecule has 0 radical (unpaired) electrons. The van der Waals surface area contributed by atoms with Crippen LogP contribution in [0.15, 0.2) is 24.3 Å². The van der Waals surface area contributed by atoms with Crippen molar-refractivity contribution in [2.45, 2.75) is 39.2 Å². The first-order valence-electron chi connectivity index (χ1n) is 9.54. The van der Waals surface area contributed by atoms with Crippen molar-refractivity contribution in [1.82, 2.24) is 10.2 Å². The number of halogens is 1. The molecule has 146 valence electrons. The van der Waals surface area contributed by atoms with Gasteiger partial charge in [-0.15, -0.1) is 12.4 Å². The average molecular weight is 383 g/mol. The molecule has 1 amide bonds.